The monoisotopic (exact) mass is 322 g/mol. The number of rotatable bonds is 5. The van der Waals surface area contributed by atoms with Crippen molar-refractivity contribution < 1.29 is 13.2 Å². The summed E-state index contributed by atoms with van der Waals surface area (Å²) in [7, 11) is -3.40. The minimum atomic E-state index is -3.40. The first-order chi connectivity index (χ1) is 10.3. The average molecular weight is 322 g/mol. The second-order valence-corrected chi connectivity index (χ2v) is 7.43. The number of hydrogen-bond acceptors (Lipinski definition) is 3. The normalized spacial score (nSPS) is 18.5. The molecule has 1 aromatic rings. The van der Waals surface area contributed by atoms with Gasteiger partial charge >= 0.3 is 0 Å². The third-order valence-corrected chi connectivity index (χ3v) is 5.21. The molecule has 0 aliphatic carbocycles. The minimum absolute atomic E-state index is 0.0234. The molecule has 1 atom stereocenters. The predicted octanol–water partition coefficient (Wildman–Crippen LogP) is 1.83. The Kier molecular flexibility index (Phi) is 5.03. The molecule has 2 rings (SSSR count). The molecule has 1 aliphatic heterocycles. The zero-order valence-electron chi connectivity index (χ0n) is 13.0. The molecule has 1 unspecified atom stereocenters. The number of nitrogens with zero attached hydrogens (tertiary/aromatic N) is 1. The van der Waals surface area contributed by atoms with Crippen molar-refractivity contribution in [2.75, 3.05) is 19.6 Å². The van der Waals surface area contributed by atoms with Crippen LogP contribution in [-0.2, 0) is 10.0 Å². The number of sulfonamides is 1. The first-order valence-electron chi connectivity index (χ1n) is 7.31. The number of carbonyl (C=O) groups excluding carboxylic acids is 1. The number of hydrogen-bond donors (Lipinski definition) is 1. The summed E-state index contributed by atoms with van der Waals surface area (Å²) in [6.45, 7) is 8.78. The molecule has 0 saturated carbocycles. The van der Waals surface area contributed by atoms with E-state index >= 15 is 0 Å². The van der Waals surface area contributed by atoms with Gasteiger partial charge in [0, 0.05) is 30.6 Å². The van der Waals surface area contributed by atoms with Crippen molar-refractivity contribution in [2.24, 2.45) is 5.92 Å². The maximum Gasteiger partial charge on any atom is 0.254 e. The van der Waals surface area contributed by atoms with Crippen LogP contribution in [-0.4, -0.2) is 38.9 Å². The molecule has 5 nitrogen and oxygen atoms in total. The second kappa shape index (κ2) is 6.62. The topological polar surface area (TPSA) is 66.5 Å². The van der Waals surface area contributed by atoms with Crippen LogP contribution in [0.2, 0.25) is 0 Å². The van der Waals surface area contributed by atoms with Crippen LogP contribution < -0.4 is 4.72 Å². The van der Waals surface area contributed by atoms with Gasteiger partial charge in [0.25, 0.3) is 5.91 Å². The van der Waals surface area contributed by atoms with Gasteiger partial charge in [0.15, 0.2) is 0 Å². The van der Waals surface area contributed by atoms with E-state index in [1.54, 1.807) is 4.90 Å². The predicted molar refractivity (Wildman–Crippen MR) is 87.0 cm³/mol. The van der Waals surface area contributed by atoms with E-state index in [-0.39, 0.29) is 11.8 Å². The highest BCUT2D eigenvalue weighted by Gasteiger charge is 2.28. The summed E-state index contributed by atoms with van der Waals surface area (Å²) >= 11 is 0. The lowest BCUT2D eigenvalue weighted by molar-refractivity contribution is 0.0786. The van der Waals surface area contributed by atoms with E-state index in [4.69, 9.17) is 0 Å². The molecule has 120 valence electrons. The molecule has 1 saturated heterocycles. The number of amides is 1. The van der Waals surface area contributed by atoms with Gasteiger partial charge in [-0.25, -0.2) is 13.1 Å². The zero-order valence-corrected chi connectivity index (χ0v) is 13.8. The molecule has 6 heteroatoms. The van der Waals surface area contributed by atoms with Gasteiger partial charge in [0.1, 0.15) is 0 Å². The summed E-state index contributed by atoms with van der Waals surface area (Å²) < 4.78 is 25.2. The Hall–Kier alpha value is -1.66. The van der Waals surface area contributed by atoms with Crippen LogP contribution in [0.1, 0.15) is 27.9 Å². The lowest BCUT2D eigenvalue weighted by atomic mass is 10.0. The second-order valence-electron chi connectivity index (χ2n) is 5.71. The van der Waals surface area contributed by atoms with Gasteiger partial charge in [0.05, 0.1) is 0 Å². The Morgan fingerprint density at radius 1 is 1.45 bits per heavy atom. The number of nitrogens with one attached hydrogen (secondary N) is 1. The van der Waals surface area contributed by atoms with E-state index in [1.807, 2.05) is 32.0 Å². The van der Waals surface area contributed by atoms with Gasteiger partial charge in [-0.05, 0) is 43.4 Å². The number of likely N-dealkylation sites (tertiary alicyclic amines) is 1. The Morgan fingerprint density at radius 3 is 2.86 bits per heavy atom. The maximum absolute atomic E-state index is 12.6. The van der Waals surface area contributed by atoms with Gasteiger partial charge < -0.3 is 4.90 Å². The summed E-state index contributed by atoms with van der Waals surface area (Å²) in [5.41, 5.74) is 2.83. The Bertz CT molecular complexity index is 683. The average Bonchev–Trinajstić information content (AvgIpc) is 2.96. The molecule has 1 fully saturated rings. The van der Waals surface area contributed by atoms with Crippen molar-refractivity contribution in [1.29, 1.82) is 0 Å². The molecular formula is C16H22N2O3S. The highest BCUT2D eigenvalue weighted by molar-refractivity contribution is 7.92. The van der Waals surface area contributed by atoms with E-state index in [2.05, 4.69) is 11.3 Å². The van der Waals surface area contributed by atoms with Gasteiger partial charge in [-0.1, -0.05) is 18.7 Å². The fourth-order valence-corrected chi connectivity index (χ4v) is 3.22. The van der Waals surface area contributed by atoms with Crippen LogP contribution in [0, 0.1) is 19.8 Å². The van der Waals surface area contributed by atoms with Crippen molar-refractivity contribution in [1.82, 2.24) is 9.62 Å². The van der Waals surface area contributed by atoms with Crippen LogP contribution >= 0.6 is 0 Å². The van der Waals surface area contributed by atoms with Crippen LogP contribution in [0.4, 0.5) is 0 Å². The molecule has 0 spiro atoms. The number of carbonyl (C=O) groups is 1. The van der Waals surface area contributed by atoms with Crippen LogP contribution in [0.3, 0.4) is 0 Å². The first kappa shape index (κ1) is 16.7. The third-order valence-electron chi connectivity index (χ3n) is 4.20. The largest absolute Gasteiger partial charge is 0.338 e. The van der Waals surface area contributed by atoms with E-state index < -0.39 is 10.0 Å². The van der Waals surface area contributed by atoms with E-state index in [0.717, 1.165) is 28.5 Å². The number of aryl methyl sites for hydroxylation is 1. The SMILES string of the molecule is C=CS(=O)(=O)NCC1CCN(C(=O)c2cccc(C)c2C)C1. The number of benzene rings is 1. The molecular weight excluding hydrogens is 300 g/mol. The molecule has 1 amide bonds. The zero-order chi connectivity index (χ0) is 16.3. The van der Waals surface area contributed by atoms with E-state index in [9.17, 15) is 13.2 Å². The standard InChI is InChI=1S/C16H22N2O3S/c1-4-22(20,21)17-10-14-8-9-18(11-14)16(19)15-7-5-6-12(2)13(15)3/h4-7,14,17H,1,8-11H2,2-3H3. The molecule has 1 heterocycles. The van der Waals surface area contributed by atoms with E-state index in [0.29, 0.717) is 19.6 Å². The summed E-state index contributed by atoms with van der Waals surface area (Å²) in [4.78, 5) is 14.4. The van der Waals surface area contributed by atoms with Crippen molar-refractivity contribution in [3.8, 4) is 0 Å². The molecule has 0 radical (unpaired) electrons. The molecule has 1 N–H and O–H groups in total. The Labute approximate surface area is 132 Å². The summed E-state index contributed by atoms with van der Waals surface area (Å²) in [5.74, 6) is 0.166. The van der Waals surface area contributed by atoms with Gasteiger partial charge in [0.2, 0.25) is 10.0 Å². The molecule has 0 bridgehead atoms. The third kappa shape index (κ3) is 3.75. The van der Waals surface area contributed by atoms with Crippen LogP contribution in [0.25, 0.3) is 0 Å². The summed E-state index contributed by atoms with van der Waals surface area (Å²) in [5, 5.41) is 0.904. The smallest absolute Gasteiger partial charge is 0.254 e. The molecule has 0 aromatic heterocycles. The van der Waals surface area contributed by atoms with E-state index in [1.165, 1.54) is 0 Å². The van der Waals surface area contributed by atoms with Crippen molar-refractivity contribution >= 4 is 15.9 Å². The summed E-state index contributed by atoms with van der Waals surface area (Å²) in [6.07, 6.45) is 0.802. The van der Waals surface area contributed by atoms with Crippen molar-refractivity contribution in [3.63, 3.8) is 0 Å². The van der Waals surface area contributed by atoms with Crippen molar-refractivity contribution in [2.45, 2.75) is 20.3 Å². The molecule has 1 aromatic carbocycles. The first-order valence-corrected chi connectivity index (χ1v) is 8.86. The lowest BCUT2D eigenvalue weighted by Gasteiger charge is -2.18. The lowest BCUT2D eigenvalue weighted by Crippen LogP contribution is -2.32. The summed E-state index contributed by atoms with van der Waals surface area (Å²) in [6, 6.07) is 5.72. The maximum atomic E-state index is 12.6. The Balaban J connectivity index is 1.99. The minimum Gasteiger partial charge on any atom is -0.338 e. The van der Waals surface area contributed by atoms with Gasteiger partial charge in [-0.2, -0.15) is 0 Å². The fraction of sp³-hybridized carbons (Fsp3) is 0.438. The van der Waals surface area contributed by atoms with Crippen LogP contribution in [0.5, 0.6) is 0 Å². The van der Waals surface area contributed by atoms with Gasteiger partial charge in [-0.15, -0.1) is 0 Å². The van der Waals surface area contributed by atoms with Gasteiger partial charge in [-0.3, -0.25) is 4.79 Å². The molecule has 22 heavy (non-hydrogen) atoms. The highest BCUT2D eigenvalue weighted by Crippen LogP contribution is 2.21. The fourth-order valence-electron chi connectivity index (χ4n) is 2.63. The Morgan fingerprint density at radius 2 is 2.18 bits per heavy atom. The quantitative estimate of drug-likeness (QED) is 0.899. The van der Waals surface area contributed by atoms with Crippen molar-refractivity contribution in [3.05, 3.63) is 46.9 Å². The van der Waals surface area contributed by atoms with Crippen LogP contribution in [0.15, 0.2) is 30.2 Å². The highest BCUT2D eigenvalue weighted by atomic mass is 32.2. The molecule has 1 aliphatic rings.